The minimum atomic E-state index is -1.01. The standard InChI is InChI=1S/C10H5BrClNO2S/c11-9-8(10(14)15)5(3-4-13-9)6-1-2-7(12)16-6/h1-4H,(H,14,15). The quantitative estimate of drug-likeness (QED) is 0.854. The molecule has 0 unspecified atom stereocenters. The number of carboxylic acids is 1. The van der Waals surface area contributed by atoms with E-state index in [1.54, 1.807) is 24.4 Å². The normalized spacial score (nSPS) is 10.4. The summed E-state index contributed by atoms with van der Waals surface area (Å²) in [5.74, 6) is -1.01. The second-order valence-corrected chi connectivity index (χ2v) is 5.40. The van der Waals surface area contributed by atoms with E-state index in [9.17, 15) is 4.79 Å². The Kier molecular flexibility index (Phi) is 3.28. The zero-order valence-electron chi connectivity index (χ0n) is 7.78. The summed E-state index contributed by atoms with van der Waals surface area (Å²) in [5, 5.41) is 9.12. The minimum absolute atomic E-state index is 0.154. The lowest BCUT2D eigenvalue weighted by Crippen LogP contribution is -2.01. The molecule has 0 aliphatic heterocycles. The molecular formula is C10H5BrClNO2S. The zero-order chi connectivity index (χ0) is 11.7. The Balaban J connectivity index is 2.65. The number of thiophene rings is 1. The molecule has 0 aromatic carbocycles. The van der Waals surface area contributed by atoms with Gasteiger partial charge in [0.25, 0.3) is 0 Å². The van der Waals surface area contributed by atoms with E-state index >= 15 is 0 Å². The molecule has 0 atom stereocenters. The van der Waals surface area contributed by atoms with Crippen LogP contribution in [-0.4, -0.2) is 16.1 Å². The van der Waals surface area contributed by atoms with Crippen LogP contribution in [0.4, 0.5) is 0 Å². The van der Waals surface area contributed by atoms with Crippen molar-refractivity contribution in [3.63, 3.8) is 0 Å². The molecule has 6 heteroatoms. The first-order chi connectivity index (χ1) is 7.59. The molecular weight excluding hydrogens is 314 g/mol. The van der Waals surface area contributed by atoms with Crippen LogP contribution in [0.3, 0.4) is 0 Å². The number of aromatic nitrogens is 1. The summed E-state index contributed by atoms with van der Waals surface area (Å²) in [4.78, 5) is 15.8. The summed E-state index contributed by atoms with van der Waals surface area (Å²) in [6.45, 7) is 0. The van der Waals surface area contributed by atoms with Crippen LogP contribution < -0.4 is 0 Å². The van der Waals surface area contributed by atoms with Gasteiger partial charge in [0.05, 0.1) is 4.34 Å². The van der Waals surface area contributed by atoms with Crippen molar-refractivity contribution >= 4 is 44.8 Å². The van der Waals surface area contributed by atoms with Crippen LogP contribution in [0, 0.1) is 0 Å². The number of hydrogen-bond acceptors (Lipinski definition) is 3. The number of carboxylic acid groups (broad SMARTS) is 1. The molecule has 2 heterocycles. The van der Waals surface area contributed by atoms with E-state index < -0.39 is 5.97 Å². The van der Waals surface area contributed by atoms with Crippen molar-refractivity contribution in [3.8, 4) is 10.4 Å². The number of aromatic carboxylic acids is 1. The van der Waals surface area contributed by atoms with Gasteiger partial charge in [-0.3, -0.25) is 0 Å². The maximum absolute atomic E-state index is 11.1. The molecule has 0 spiro atoms. The summed E-state index contributed by atoms with van der Waals surface area (Å²) < 4.78 is 0.946. The van der Waals surface area contributed by atoms with Crippen LogP contribution in [0.25, 0.3) is 10.4 Å². The fourth-order valence-electron chi connectivity index (χ4n) is 1.30. The van der Waals surface area contributed by atoms with Gasteiger partial charge in [-0.05, 0) is 34.1 Å². The molecule has 82 valence electrons. The summed E-state index contributed by atoms with van der Waals surface area (Å²) in [6, 6.07) is 5.19. The summed E-state index contributed by atoms with van der Waals surface area (Å²) in [5.41, 5.74) is 0.771. The Labute approximate surface area is 109 Å². The van der Waals surface area contributed by atoms with Crippen molar-refractivity contribution in [1.82, 2.24) is 4.98 Å². The topological polar surface area (TPSA) is 50.2 Å². The maximum Gasteiger partial charge on any atom is 0.339 e. The van der Waals surface area contributed by atoms with Crippen molar-refractivity contribution in [2.75, 3.05) is 0 Å². The lowest BCUT2D eigenvalue weighted by molar-refractivity contribution is 0.0696. The van der Waals surface area contributed by atoms with Gasteiger partial charge in [0, 0.05) is 16.6 Å². The van der Waals surface area contributed by atoms with Gasteiger partial charge in [-0.2, -0.15) is 0 Å². The largest absolute Gasteiger partial charge is 0.478 e. The molecule has 3 nitrogen and oxygen atoms in total. The van der Waals surface area contributed by atoms with Gasteiger partial charge in [0.1, 0.15) is 10.2 Å². The third-order valence-corrected chi connectivity index (χ3v) is 3.82. The average Bonchev–Trinajstić information content (AvgIpc) is 2.63. The third kappa shape index (κ3) is 2.11. The fourth-order valence-corrected chi connectivity index (χ4v) is 2.88. The van der Waals surface area contributed by atoms with Crippen LogP contribution in [0.2, 0.25) is 4.34 Å². The Hall–Kier alpha value is -0.910. The first-order valence-electron chi connectivity index (χ1n) is 4.23. The molecule has 0 amide bonds. The predicted molar refractivity (Wildman–Crippen MR) is 67.2 cm³/mol. The minimum Gasteiger partial charge on any atom is -0.478 e. The summed E-state index contributed by atoms with van der Waals surface area (Å²) in [6.07, 6.45) is 1.56. The maximum atomic E-state index is 11.1. The van der Waals surface area contributed by atoms with Crippen LogP contribution in [0.15, 0.2) is 29.0 Å². The van der Waals surface area contributed by atoms with Crippen molar-refractivity contribution in [2.24, 2.45) is 0 Å². The molecule has 1 N–H and O–H groups in total. The highest BCUT2D eigenvalue weighted by Crippen LogP contribution is 2.34. The number of nitrogens with zero attached hydrogens (tertiary/aromatic N) is 1. The predicted octanol–water partition coefficient (Wildman–Crippen LogP) is 3.92. The molecule has 0 radical (unpaired) electrons. The van der Waals surface area contributed by atoms with Crippen LogP contribution >= 0.6 is 38.9 Å². The molecule has 0 aliphatic rings. The van der Waals surface area contributed by atoms with Gasteiger partial charge in [-0.25, -0.2) is 9.78 Å². The first kappa shape index (κ1) is 11.6. The molecule has 2 aromatic heterocycles. The first-order valence-corrected chi connectivity index (χ1v) is 6.22. The van der Waals surface area contributed by atoms with Crippen LogP contribution in [0.5, 0.6) is 0 Å². The lowest BCUT2D eigenvalue weighted by Gasteiger charge is -2.04. The van der Waals surface area contributed by atoms with E-state index in [0.29, 0.717) is 14.5 Å². The molecule has 0 aliphatic carbocycles. The van der Waals surface area contributed by atoms with Gasteiger partial charge >= 0.3 is 5.97 Å². The van der Waals surface area contributed by atoms with Crippen LogP contribution in [0.1, 0.15) is 10.4 Å². The number of carbonyl (C=O) groups is 1. The smallest absolute Gasteiger partial charge is 0.339 e. The molecule has 0 fully saturated rings. The fraction of sp³-hybridized carbons (Fsp3) is 0. The highest BCUT2D eigenvalue weighted by Gasteiger charge is 2.17. The van der Waals surface area contributed by atoms with Crippen LogP contribution in [-0.2, 0) is 0 Å². The monoisotopic (exact) mass is 317 g/mol. The van der Waals surface area contributed by atoms with E-state index in [0.717, 1.165) is 4.88 Å². The Morgan fingerprint density at radius 1 is 1.44 bits per heavy atom. The molecule has 0 bridgehead atoms. The summed E-state index contributed by atoms with van der Waals surface area (Å²) in [7, 11) is 0. The SMILES string of the molecule is O=C(O)c1c(-c2ccc(Cl)s2)ccnc1Br. The van der Waals surface area contributed by atoms with E-state index in [-0.39, 0.29) is 5.56 Å². The number of pyridine rings is 1. The average molecular weight is 319 g/mol. The number of rotatable bonds is 2. The molecule has 16 heavy (non-hydrogen) atoms. The Morgan fingerprint density at radius 2 is 2.19 bits per heavy atom. The van der Waals surface area contributed by atoms with E-state index in [1.165, 1.54) is 11.3 Å². The second kappa shape index (κ2) is 4.53. The number of hydrogen-bond donors (Lipinski definition) is 1. The third-order valence-electron chi connectivity index (χ3n) is 1.96. The Morgan fingerprint density at radius 3 is 2.75 bits per heavy atom. The van der Waals surface area contributed by atoms with E-state index in [2.05, 4.69) is 20.9 Å². The van der Waals surface area contributed by atoms with Gasteiger partial charge in [0.2, 0.25) is 0 Å². The second-order valence-electron chi connectivity index (χ2n) is 2.93. The van der Waals surface area contributed by atoms with E-state index in [1.807, 2.05) is 0 Å². The molecule has 2 rings (SSSR count). The van der Waals surface area contributed by atoms with Crippen molar-refractivity contribution in [2.45, 2.75) is 0 Å². The molecule has 0 saturated heterocycles. The molecule has 0 saturated carbocycles. The highest BCUT2D eigenvalue weighted by molar-refractivity contribution is 9.10. The Bertz CT molecular complexity index is 556. The van der Waals surface area contributed by atoms with Gasteiger partial charge in [0.15, 0.2) is 0 Å². The van der Waals surface area contributed by atoms with Gasteiger partial charge in [-0.15, -0.1) is 11.3 Å². The van der Waals surface area contributed by atoms with Crippen molar-refractivity contribution < 1.29 is 9.90 Å². The highest BCUT2D eigenvalue weighted by atomic mass is 79.9. The molecule has 2 aromatic rings. The van der Waals surface area contributed by atoms with Crippen molar-refractivity contribution in [1.29, 1.82) is 0 Å². The van der Waals surface area contributed by atoms with Crippen molar-refractivity contribution in [3.05, 3.63) is 38.9 Å². The number of halogens is 2. The lowest BCUT2D eigenvalue weighted by atomic mass is 10.1. The van der Waals surface area contributed by atoms with Gasteiger partial charge < -0.3 is 5.11 Å². The van der Waals surface area contributed by atoms with Gasteiger partial charge in [-0.1, -0.05) is 11.6 Å². The summed E-state index contributed by atoms with van der Waals surface area (Å²) >= 11 is 10.3. The van der Waals surface area contributed by atoms with E-state index in [4.69, 9.17) is 16.7 Å². The zero-order valence-corrected chi connectivity index (χ0v) is 10.9.